The Balaban J connectivity index is 0.00000289. The van der Waals surface area contributed by atoms with Crippen LogP contribution in [-0.4, -0.2) is 49.3 Å². The minimum atomic E-state index is -4.67. The first-order chi connectivity index (χ1) is 14.4. The molecule has 0 aliphatic heterocycles. The van der Waals surface area contributed by atoms with Gasteiger partial charge in [0.05, 0.1) is 27.3 Å². The number of nitrogens with zero attached hydrogens (tertiary/aromatic N) is 3. The number of fused-ring (bicyclic) bond motifs is 1. The molecule has 2 heterocycles. The summed E-state index contributed by atoms with van der Waals surface area (Å²) in [5, 5.41) is 4.75. The van der Waals surface area contributed by atoms with E-state index < -0.39 is 17.6 Å². The average molecular weight is 475 g/mol. The maximum atomic E-state index is 14.3. The van der Waals surface area contributed by atoms with Crippen molar-refractivity contribution in [2.24, 2.45) is 7.05 Å². The molecular weight excluding hydrogens is 455 g/mol. The van der Waals surface area contributed by atoms with Gasteiger partial charge < -0.3 is 4.98 Å². The number of imidazole rings is 1. The molecule has 0 spiro atoms. The van der Waals surface area contributed by atoms with Crippen LogP contribution >= 0.6 is 11.6 Å². The van der Waals surface area contributed by atoms with Gasteiger partial charge in [-0.1, -0.05) is 50.6 Å². The summed E-state index contributed by atoms with van der Waals surface area (Å²) in [5.74, 6) is -0.461. The summed E-state index contributed by atoms with van der Waals surface area (Å²) in [6, 6.07) is 8.03. The van der Waals surface area contributed by atoms with Crippen LogP contribution in [0.2, 0.25) is 5.02 Å². The molecule has 32 heavy (non-hydrogen) atoms. The third-order valence-electron chi connectivity index (χ3n) is 5.01. The SMILES string of the molecule is Cn1nc(C(C)(C)C)c(Cl)c1-c1nc2cc(-c3ccccc3F)cc(C(F)(F)F)c2[nH]1.[NaH]. The molecule has 0 aliphatic rings. The number of hydrogen-bond donors (Lipinski definition) is 1. The van der Waals surface area contributed by atoms with Crippen molar-refractivity contribution in [2.75, 3.05) is 0 Å². The molecule has 0 aliphatic carbocycles. The Kier molecular flexibility index (Phi) is 6.56. The molecular formula is C22H20ClF4N4Na. The molecule has 4 nitrogen and oxygen atoms in total. The third-order valence-corrected chi connectivity index (χ3v) is 5.37. The fourth-order valence-corrected chi connectivity index (χ4v) is 4.07. The number of rotatable bonds is 2. The Labute approximate surface area is 209 Å². The second-order valence-electron chi connectivity index (χ2n) is 8.37. The van der Waals surface area contributed by atoms with E-state index in [1.807, 2.05) is 20.8 Å². The van der Waals surface area contributed by atoms with E-state index in [4.69, 9.17) is 11.6 Å². The molecule has 0 saturated carbocycles. The zero-order valence-corrected chi connectivity index (χ0v) is 18.0. The molecule has 4 aromatic rings. The number of nitrogens with one attached hydrogen (secondary N) is 1. The van der Waals surface area contributed by atoms with E-state index in [2.05, 4.69) is 15.1 Å². The van der Waals surface area contributed by atoms with E-state index in [1.165, 1.54) is 28.9 Å². The molecule has 164 valence electrons. The van der Waals surface area contributed by atoms with E-state index in [0.717, 1.165) is 6.07 Å². The number of alkyl halides is 3. The van der Waals surface area contributed by atoms with E-state index in [-0.39, 0.29) is 63.0 Å². The van der Waals surface area contributed by atoms with Crippen LogP contribution in [0.4, 0.5) is 17.6 Å². The summed E-state index contributed by atoms with van der Waals surface area (Å²) in [5.41, 5.74) is -0.311. The Hall–Kier alpha value is -1.87. The molecule has 0 bridgehead atoms. The molecule has 1 N–H and O–H groups in total. The first-order valence-corrected chi connectivity index (χ1v) is 9.85. The van der Waals surface area contributed by atoms with E-state index >= 15 is 0 Å². The molecule has 0 radical (unpaired) electrons. The molecule has 10 heteroatoms. The van der Waals surface area contributed by atoms with Crippen molar-refractivity contribution in [1.29, 1.82) is 0 Å². The predicted molar refractivity (Wildman–Crippen MR) is 120 cm³/mol. The van der Waals surface area contributed by atoms with Crippen LogP contribution in [0.5, 0.6) is 0 Å². The fraction of sp³-hybridized carbons (Fsp3) is 0.273. The summed E-state index contributed by atoms with van der Waals surface area (Å²) in [7, 11) is 1.65. The first-order valence-electron chi connectivity index (χ1n) is 9.47. The van der Waals surface area contributed by atoms with Crippen molar-refractivity contribution in [2.45, 2.75) is 32.4 Å². The average Bonchev–Trinajstić information content (AvgIpc) is 3.20. The number of benzene rings is 2. The zero-order chi connectivity index (χ0) is 22.7. The summed E-state index contributed by atoms with van der Waals surface area (Å²) in [6.07, 6.45) is -4.67. The zero-order valence-electron chi connectivity index (χ0n) is 17.2. The van der Waals surface area contributed by atoms with E-state index in [0.29, 0.717) is 16.4 Å². The molecule has 0 saturated heterocycles. The fourth-order valence-electron chi connectivity index (χ4n) is 3.53. The third kappa shape index (κ3) is 4.33. The molecule has 2 aromatic heterocycles. The van der Waals surface area contributed by atoms with Crippen LogP contribution in [0.15, 0.2) is 36.4 Å². The predicted octanol–water partition coefficient (Wildman–Crippen LogP) is 6.09. The van der Waals surface area contributed by atoms with E-state index in [1.54, 1.807) is 13.1 Å². The van der Waals surface area contributed by atoms with Crippen LogP contribution in [0, 0.1) is 5.82 Å². The molecule has 0 amide bonds. The quantitative estimate of drug-likeness (QED) is 0.282. The number of H-pyrrole nitrogens is 1. The monoisotopic (exact) mass is 474 g/mol. The standard InChI is InChI=1S/C22H19ClF4N4.Na.H/c1-21(2,3)19-16(23)18(31(4)30-19)20-28-15-10-11(12-7-5-6-8-14(12)24)9-13(17(15)29-20)22(25,26)27;;/h5-10H,1-4H3,(H,28,29);;. The summed E-state index contributed by atoms with van der Waals surface area (Å²) in [4.78, 5) is 7.12. The van der Waals surface area contributed by atoms with Crippen molar-refractivity contribution in [3.8, 4) is 22.6 Å². The normalized spacial score (nSPS) is 12.3. The molecule has 0 atom stereocenters. The van der Waals surface area contributed by atoms with Crippen molar-refractivity contribution in [1.82, 2.24) is 19.7 Å². The van der Waals surface area contributed by atoms with Gasteiger partial charge in [-0.3, -0.25) is 4.68 Å². The van der Waals surface area contributed by atoms with Crippen LogP contribution in [0.1, 0.15) is 32.0 Å². The van der Waals surface area contributed by atoms with Crippen LogP contribution < -0.4 is 0 Å². The summed E-state index contributed by atoms with van der Waals surface area (Å²) < 4.78 is 57.3. The van der Waals surface area contributed by atoms with E-state index in [9.17, 15) is 17.6 Å². The summed E-state index contributed by atoms with van der Waals surface area (Å²) in [6.45, 7) is 5.81. The number of hydrogen-bond acceptors (Lipinski definition) is 2. The van der Waals surface area contributed by atoms with Gasteiger partial charge in [0.15, 0.2) is 5.82 Å². The second-order valence-corrected chi connectivity index (χ2v) is 8.74. The van der Waals surface area contributed by atoms with Crippen LogP contribution in [0.25, 0.3) is 33.7 Å². The number of aryl methyl sites for hydroxylation is 1. The Bertz CT molecular complexity index is 1300. The Morgan fingerprint density at radius 2 is 1.72 bits per heavy atom. The van der Waals surface area contributed by atoms with Crippen molar-refractivity contribution in [3.63, 3.8) is 0 Å². The van der Waals surface area contributed by atoms with Crippen molar-refractivity contribution < 1.29 is 17.6 Å². The minimum absolute atomic E-state index is 0. The van der Waals surface area contributed by atoms with Gasteiger partial charge in [0.2, 0.25) is 0 Å². The van der Waals surface area contributed by atoms with Gasteiger partial charge in [-0.2, -0.15) is 18.3 Å². The van der Waals surface area contributed by atoms with Gasteiger partial charge >= 0.3 is 35.7 Å². The Morgan fingerprint density at radius 3 is 2.28 bits per heavy atom. The molecule has 2 aromatic carbocycles. The van der Waals surface area contributed by atoms with Crippen molar-refractivity contribution in [3.05, 3.63) is 58.5 Å². The second kappa shape index (κ2) is 8.48. The van der Waals surface area contributed by atoms with Gasteiger partial charge in [0.25, 0.3) is 0 Å². The molecule has 0 unspecified atom stereocenters. The number of aromatic amines is 1. The van der Waals surface area contributed by atoms with Gasteiger partial charge in [-0.05, 0) is 23.8 Å². The van der Waals surface area contributed by atoms with Crippen LogP contribution in [0.3, 0.4) is 0 Å². The van der Waals surface area contributed by atoms with Gasteiger partial charge in [-0.15, -0.1) is 0 Å². The maximum absolute atomic E-state index is 14.3. The Morgan fingerprint density at radius 1 is 1.06 bits per heavy atom. The number of aromatic nitrogens is 4. The van der Waals surface area contributed by atoms with Gasteiger partial charge in [0, 0.05) is 18.0 Å². The molecule has 4 rings (SSSR count). The van der Waals surface area contributed by atoms with Gasteiger partial charge in [-0.25, -0.2) is 9.37 Å². The van der Waals surface area contributed by atoms with Gasteiger partial charge in [0.1, 0.15) is 11.5 Å². The van der Waals surface area contributed by atoms with Crippen LogP contribution in [-0.2, 0) is 18.6 Å². The number of halogens is 5. The first kappa shape index (κ1) is 24.8. The molecule has 0 fully saturated rings. The topological polar surface area (TPSA) is 46.5 Å². The summed E-state index contributed by atoms with van der Waals surface area (Å²) >= 11 is 6.54. The van der Waals surface area contributed by atoms with Crippen molar-refractivity contribution >= 4 is 52.2 Å².